The van der Waals surface area contributed by atoms with Crippen molar-refractivity contribution in [2.75, 3.05) is 6.26 Å². The van der Waals surface area contributed by atoms with Gasteiger partial charge in [0.25, 0.3) is 5.91 Å². The number of nitrogens with zero attached hydrogens (tertiary/aromatic N) is 2. The van der Waals surface area contributed by atoms with E-state index in [9.17, 15) is 18.0 Å². The molecule has 10 nitrogen and oxygen atoms in total. The largest absolute Gasteiger partial charge is 0.435 e. The van der Waals surface area contributed by atoms with E-state index in [0.29, 0.717) is 43.4 Å². The zero-order valence-corrected chi connectivity index (χ0v) is 20.3. The zero-order chi connectivity index (χ0) is 24.5. The molecule has 1 atom stereocenters. The number of benzene rings is 1. The van der Waals surface area contributed by atoms with Gasteiger partial charge >= 0.3 is 6.09 Å². The molecule has 0 bridgehead atoms. The van der Waals surface area contributed by atoms with Gasteiger partial charge < -0.3 is 14.6 Å². The van der Waals surface area contributed by atoms with Crippen LogP contribution in [0.2, 0.25) is 5.15 Å². The van der Waals surface area contributed by atoms with Crippen molar-refractivity contribution in [3.8, 4) is 0 Å². The summed E-state index contributed by atoms with van der Waals surface area (Å²) in [7, 11) is -3.52. The van der Waals surface area contributed by atoms with Crippen molar-refractivity contribution in [2.24, 2.45) is 11.0 Å². The molecule has 12 heteroatoms. The highest BCUT2D eigenvalue weighted by Crippen LogP contribution is 2.41. The Hall–Kier alpha value is -2.92. The number of nitrogens with one attached hydrogen (secondary N) is 2. The molecule has 2 amide bonds. The molecule has 2 aliphatic rings. The standard InChI is InChI=1S/C22H25ClN4O6S/c1-13(24-20(28)16-12-18(23)27-33-16)11-14-7-9-22(10-8-14)19(25-26-21(29)32-22)15-5-3-4-6-17(15)34(2,30)31/h3-6,12-14H,7-11H2,1-2H3,(H,24,28)(H,26,29)/t13-,14?,22?/m0/s1. The lowest BCUT2D eigenvalue weighted by Gasteiger charge is -2.42. The fraction of sp³-hybridized carbons (Fsp3) is 0.455. The van der Waals surface area contributed by atoms with Crippen LogP contribution in [0.1, 0.15) is 55.1 Å². The van der Waals surface area contributed by atoms with Gasteiger partial charge in [0.1, 0.15) is 5.71 Å². The van der Waals surface area contributed by atoms with Crippen LogP contribution in [0.3, 0.4) is 0 Å². The number of hydrazone groups is 1. The van der Waals surface area contributed by atoms with E-state index >= 15 is 0 Å². The van der Waals surface area contributed by atoms with E-state index in [1.54, 1.807) is 18.2 Å². The number of hydrogen-bond donors (Lipinski definition) is 2. The van der Waals surface area contributed by atoms with Crippen LogP contribution in [0.25, 0.3) is 0 Å². The van der Waals surface area contributed by atoms with E-state index in [1.807, 2.05) is 6.92 Å². The second-order valence-corrected chi connectivity index (χ2v) is 11.2. The first-order valence-electron chi connectivity index (χ1n) is 10.9. The van der Waals surface area contributed by atoms with E-state index in [1.165, 1.54) is 12.1 Å². The summed E-state index contributed by atoms with van der Waals surface area (Å²) in [6.45, 7) is 1.90. The van der Waals surface area contributed by atoms with Crippen molar-refractivity contribution < 1.29 is 27.3 Å². The van der Waals surface area contributed by atoms with Crippen molar-refractivity contribution in [1.29, 1.82) is 0 Å². The van der Waals surface area contributed by atoms with Gasteiger partial charge in [-0.25, -0.2) is 18.6 Å². The highest BCUT2D eigenvalue weighted by Gasteiger charge is 2.47. The van der Waals surface area contributed by atoms with E-state index in [4.69, 9.17) is 20.9 Å². The molecule has 182 valence electrons. The maximum atomic E-state index is 12.4. The Labute approximate surface area is 202 Å². The molecule has 0 saturated heterocycles. The first kappa shape index (κ1) is 24.2. The predicted molar refractivity (Wildman–Crippen MR) is 123 cm³/mol. The molecule has 0 unspecified atom stereocenters. The van der Waals surface area contributed by atoms with E-state index < -0.39 is 27.4 Å². The fourth-order valence-corrected chi connectivity index (χ4v) is 5.70. The Bertz CT molecular complexity index is 1230. The smallest absolute Gasteiger partial charge is 0.428 e. The van der Waals surface area contributed by atoms with Gasteiger partial charge in [-0.3, -0.25) is 4.79 Å². The Kier molecular flexibility index (Phi) is 6.68. The van der Waals surface area contributed by atoms with Gasteiger partial charge in [0.2, 0.25) is 5.76 Å². The molecular formula is C22H25ClN4O6S. The van der Waals surface area contributed by atoms with Gasteiger partial charge in [-0.2, -0.15) is 5.10 Å². The third-order valence-electron chi connectivity index (χ3n) is 6.20. The highest BCUT2D eigenvalue weighted by atomic mass is 35.5. The molecule has 1 aliphatic heterocycles. The van der Waals surface area contributed by atoms with Gasteiger partial charge in [0, 0.05) is 23.9 Å². The van der Waals surface area contributed by atoms with Crippen molar-refractivity contribution >= 4 is 39.2 Å². The second-order valence-electron chi connectivity index (χ2n) is 8.79. The number of hydrogen-bond acceptors (Lipinski definition) is 8. The van der Waals surface area contributed by atoms with Crippen LogP contribution < -0.4 is 10.7 Å². The number of aromatic nitrogens is 1. The summed E-state index contributed by atoms with van der Waals surface area (Å²) in [4.78, 5) is 24.5. The number of carbonyl (C=O) groups is 2. The molecular weight excluding hydrogens is 484 g/mol. The summed E-state index contributed by atoms with van der Waals surface area (Å²) >= 11 is 5.70. The van der Waals surface area contributed by atoms with Crippen molar-refractivity contribution in [3.63, 3.8) is 0 Å². The van der Waals surface area contributed by atoms with E-state index in [2.05, 4.69) is 21.0 Å². The molecule has 2 N–H and O–H groups in total. The second kappa shape index (κ2) is 9.38. The Morgan fingerprint density at radius 2 is 2.03 bits per heavy atom. The summed E-state index contributed by atoms with van der Waals surface area (Å²) in [5, 5.41) is 10.7. The normalized spacial score (nSPS) is 23.6. The molecule has 0 radical (unpaired) electrons. The maximum absolute atomic E-state index is 12.4. The van der Waals surface area contributed by atoms with E-state index in [-0.39, 0.29) is 27.8 Å². The lowest BCUT2D eigenvalue weighted by molar-refractivity contribution is 0.0153. The molecule has 1 spiro atoms. The minimum Gasteiger partial charge on any atom is -0.435 e. The summed E-state index contributed by atoms with van der Waals surface area (Å²) in [5.41, 5.74) is 2.15. The number of sulfone groups is 1. The van der Waals surface area contributed by atoms with Gasteiger partial charge in [-0.1, -0.05) is 35.0 Å². The molecule has 1 saturated carbocycles. The Balaban J connectivity index is 1.46. The summed E-state index contributed by atoms with van der Waals surface area (Å²) in [6, 6.07) is 7.80. The summed E-state index contributed by atoms with van der Waals surface area (Å²) in [5.74, 6) is -0.0797. The molecule has 4 rings (SSSR count). The Morgan fingerprint density at radius 3 is 2.68 bits per heavy atom. The number of rotatable bonds is 6. The van der Waals surface area contributed by atoms with Gasteiger partial charge in [0.15, 0.2) is 20.6 Å². The average Bonchev–Trinajstić information content (AvgIpc) is 3.21. The molecule has 34 heavy (non-hydrogen) atoms. The molecule has 2 aromatic rings. The quantitative estimate of drug-likeness (QED) is 0.609. The monoisotopic (exact) mass is 508 g/mol. The van der Waals surface area contributed by atoms with Gasteiger partial charge in [-0.05, 0) is 51.0 Å². The molecule has 1 fully saturated rings. The topological polar surface area (TPSA) is 140 Å². The number of halogens is 1. The number of amides is 2. The summed E-state index contributed by atoms with van der Waals surface area (Å²) in [6.07, 6.45) is 3.58. The predicted octanol–water partition coefficient (Wildman–Crippen LogP) is 3.31. The van der Waals surface area contributed by atoms with Gasteiger partial charge in [-0.15, -0.1) is 0 Å². The SMILES string of the molecule is C[C@@H](CC1CCC2(CC1)OC(=O)NN=C2c1ccccc1S(C)(=O)=O)NC(=O)c1cc(Cl)no1. The minimum absolute atomic E-state index is 0.0476. The van der Waals surface area contributed by atoms with Crippen LogP contribution >= 0.6 is 11.6 Å². The third kappa shape index (κ3) is 5.10. The summed E-state index contributed by atoms with van der Waals surface area (Å²) < 4.78 is 35.4. The minimum atomic E-state index is -3.52. The maximum Gasteiger partial charge on any atom is 0.428 e. The third-order valence-corrected chi connectivity index (χ3v) is 7.54. The van der Waals surface area contributed by atoms with Crippen LogP contribution in [0.15, 0.2) is 44.9 Å². The number of ether oxygens (including phenoxy) is 1. The molecule has 1 aromatic heterocycles. The molecule has 1 aliphatic carbocycles. The fourth-order valence-electron chi connectivity index (χ4n) is 4.68. The van der Waals surface area contributed by atoms with Crippen molar-refractivity contribution in [3.05, 3.63) is 46.8 Å². The van der Waals surface area contributed by atoms with Crippen LogP contribution in [0.4, 0.5) is 4.79 Å². The van der Waals surface area contributed by atoms with Crippen LogP contribution in [0, 0.1) is 5.92 Å². The van der Waals surface area contributed by atoms with Crippen LogP contribution in [0.5, 0.6) is 0 Å². The number of carbonyl (C=O) groups excluding carboxylic acids is 2. The first-order valence-corrected chi connectivity index (χ1v) is 13.1. The highest BCUT2D eigenvalue weighted by molar-refractivity contribution is 7.90. The molecule has 1 aromatic carbocycles. The Morgan fingerprint density at radius 1 is 1.32 bits per heavy atom. The average molecular weight is 509 g/mol. The van der Waals surface area contributed by atoms with Crippen molar-refractivity contribution in [1.82, 2.24) is 15.9 Å². The molecule has 2 heterocycles. The van der Waals surface area contributed by atoms with Crippen LogP contribution in [-0.2, 0) is 14.6 Å². The van der Waals surface area contributed by atoms with Crippen molar-refractivity contribution in [2.45, 2.75) is 55.6 Å². The van der Waals surface area contributed by atoms with Gasteiger partial charge in [0.05, 0.1) is 4.90 Å². The lowest BCUT2D eigenvalue weighted by atomic mass is 9.73. The van der Waals surface area contributed by atoms with Crippen LogP contribution in [-0.4, -0.2) is 49.2 Å². The first-order chi connectivity index (χ1) is 16.1. The van der Waals surface area contributed by atoms with E-state index in [0.717, 1.165) is 6.26 Å². The zero-order valence-electron chi connectivity index (χ0n) is 18.7. The lowest BCUT2D eigenvalue weighted by Crippen LogP contribution is -2.52.